The fraction of sp³-hybridized carbons (Fsp3) is 0.429. The Bertz CT molecular complexity index is 431. The second-order valence-electron chi connectivity index (χ2n) is 4.11. The summed E-state index contributed by atoms with van der Waals surface area (Å²) in [6.07, 6.45) is 1.80. The van der Waals surface area contributed by atoms with E-state index in [0.29, 0.717) is 17.9 Å². The van der Waals surface area contributed by atoms with E-state index in [1.165, 1.54) is 0 Å². The standard InChI is InChI=1S/C14H19NO4/c1-2-3-8-18-14(17)10-19-13(16)9-11-6-4-5-7-12(11)15/h4-7H,2-3,8-10,15H2,1H3. The van der Waals surface area contributed by atoms with Gasteiger partial charge in [0.15, 0.2) is 6.61 Å². The van der Waals surface area contributed by atoms with E-state index in [9.17, 15) is 9.59 Å². The number of nitrogens with two attached hydrogens (primary N) is 1. The highest BCUT2D eigenvalue weighted by atomic mass is 16.6. The molecule has 0 saturated heterocycles. The molecule has 0 aliphatic rings. The van der Waals surface area contributed by atoms with Crippen LogP contribution in [0.5, 0.6) is 0 Å². The molecule has 1 aromatic rings. The number of anilines is 1. The molecule has 0 unspecified atom stereocenters. The number of hydrogen-bond donors (Lipinski definition) is 1. The van der Waals surface area contributed by atoms with Gasteiger partial charge in [-0.1, -0.05) is 31.5 Å². The monoisotopic (exact) mass is 265 g/mol. The summed E-state index contributed by atoms with van der Waals surface area (Å²) in [4.78, 5) is 22.7. The normalized spacial score (nSPS) is 9.95. The van der Waals surface area contributed by atoms with Crippen LogP contribution in [-0.2, 0) is 25.5 Å². The molecule has 0 aliphatic heterocycles. The molecule has 0 spiro atoms. The van der Waals surface area contributed by atoms with E-state index in [4.69, 9.17) is 15.2 Å². The SMILES string of the molecule is CCCCOC(=O)COC(=O)Cc1ccccc1N. The van der Waals surface area contributed by atoms with E-state index < -0.39 is 11.9 Å². The van der Waals surface area contributed by atoms with Crippen LogP contribution in [0.1, 0.15) is 25.3 Å². The number of hydrogen-bond acceptors (Lipinski definition) is 5. The zero-order valence-electron chi connectivity index (χ0n) is 11.1. The number of para-hydroxylation sites is 1. The summed E-state index contributed by atoms with van der Waals surface area (Å²) < 4.78 is 9.69. The Morgan fingerprint density at radius 3 is 2.58 bits per heavy atom. The molecule has 0 bridgehead atoms. The van der Waals surface area contributed by atoms with Crippen molar-refractivity contribution in [2.75, 3.05) is 18.9 Å². The summed E-state index contributed by atoms with van der Waals surface area (Å²) in [6.45, 7) is 2.01. The zero-order valence-corrected chi connectivity index (χ0v) is 11.1. The number of nitrogen functional groups attached to an aromatic ring is 1. The van der Waals surface area contributed by atoms with E-state index in [0.717, 1.165) is 12.8 Å². The van der Waals surface area contributed by atoms with Crippen molar-refractivity contribution < 1.29 is 19.1 Å². The van der Waals surface area contributed by atoms with Gasteiger partial charge in [0.2, 0.25) is 0 Å². The molecule has 2 N–H and O–H groups in total. The van der Waals surface area contributed by atoms with Gasteiger partial charge < -0.3 is 15.2 Å². The lowest BCUT2D eigenvalue weighted by atomic mass is 10.1. The highest BCUT2D eigenvalue weighted by Gasteiger charge is 2.10. The molecule has 0 saturated carbocycles. The van der Waals surface area contributed by atoms with Crippen molar-refractivity contribution in [3.8, 4) is 0 Å². The minimum Gasteiger partial charge on any atom is -0.463 e. The molecule has 1 rings (SSSR count). The maximum Gasteiger partial charge on any atom is 0.344 e. The van der Waals surface area contributed by atoms with Gasteiger partial charge in [0.25, 0.3) is 0 Å². The Morgan fingerprint density at radius 1 is 1.16 bits per heavy atom. The summed E-state index contributed by atoms with van der Waals surface area (Å²) in [5.41, 5.74) is 6.93. The van der Waals surface area contributed by atoms with E-state index in [1.54, 1.807) is 24.3 Å². The van der Waals surface area contributed by atoms with Crippen molar-refractivity contribution >= 4 is 17.6 Å². The molecule has 0 fully saturated rings. The molecule has 5 nitrogen and oxygen atoms in total. The third kappa shape index (κ3) is 5.90. The summed E-state index contributed by atoms with van der Waals surface area (Å²) in [5.74, 6) is -1.02. The number of carbonyl (C=O) groups is 2. The third-order valence-corrected chi connectivity index (χ3v) is 2.50. The van der Waals surface area contributed by atoms with E-state index >= 15 is 0 Å². The largest absolute Gasteiger partial charge is 0.463 e. The van der Waals surface area contributed by atoms with Crippen molar-refractivity contribution in [2.45, 2.75) is 26.2 Å². The van der Waals surface area contributed by atoms with Gasteiger partial charge in [-0.05, 0) is 18.1 Å². The third-order valence-electron chi connectivity index (χ3n) is 2.50. The van der Waals surface area contributed by atoms with Crippen LogP contribution in [0, 0.1) is 0 Å². The second-order valence-corrected chi connectivity index (χ2v) is 4.11. The molecule has 19 heavy (non-hydrogen) atoms. The first kappa shape index (κ1) is 15.0. The summed E-state index contributed by atoms with van der Waals surface area (Å²) in [6, 6.07) is 7.03. The first-order valence-electron chi connectivity index (χ1n) is 6.28. The number of esters is 2. The average molecular weight is 265 g/mol. The van der Waals surface area contributed by atoms with Gasteiger partial charge in [0.05, 0.1) is 13.0 Å². The number of ether oxygens (including phenoxy) is 2. The van der Waals surface area contributed by atoms with Crippen LogP contribution in [0.15, 0.2) is 24.3 Å². The fourth-order valence-electron chi connectivity index (χ4n) is 1.41. The topological polar surface area (TPSA) is 78.6 Å². The zero-order chi connectivity index (χ0) is 14.1. The van der Waals surface area contributed by atoms with Gasteiger partial charge >= 0.3 is 11.9 Å². The van der Waals surface area contributed by atoms with Crippen LogP contribution in [-0.4, -0.2) is 25.2 Å². The van der Waals surface area contributed by atoms with E-state index in [-0.39, 0.29) is 13.0 Å². The fourth-order valence-corrected chi connectivity index (χ4v) is 1.41. The van der Waals surface area contributed by atoms with Crippen molar-refractivity contribution in [1.82, 2.24) is 0 Å². The van der Waals surface area contributed by atoms with Crippen LogP contribution in [0.4, 0.5) is 5.69 Å². The van der Waals surface area contributed by atoms with Gasteiger partial charge in [-0.3, -0.25) is 4.79 Å². The highest BCUT2D eigenvalue weighted by Crippen LogP contribution is 2.11. The molecule has 0 heterocycles. The van der Waals surface area contributed by atoms with Crippen molar-refractivity contribution in [3.05, 3.63) is 29.8 Å². The average Bonchev–Trinajstić information content (AvgIpc) is 2.39. The lowest BCUT2D eigenvalue weighted by molar-refractivity contribution is -0.158. The van der Waals surface area contributed by atoms with Gasteiger partial charge in [-0.25, -0.2) is 4.79 Å². The van der Waals surface area contributed by atoms with Gasteiger partial charge in [-0.2, -0.15) is 0 Å². The van der Waals surface area contributed by atoms with Crippen molar-refractivity contribution in [3.63, 3.8) is 0 Å². The molecule has 1 aromatic carbocycles. The quantitative estimate of drug-likeness (QED) is 0.461. The van der Waals surface area contributed by atoms with Gasteiger partial charge in [-0.15, -0.1) is 0 Å². The Labute approximate surface area is 112 Å². The maximum atomic E-state index is 11.5. The van der Waals surface area contributed by atoms with Crippen LogP contribution >= 0.6 is 0 Å². The molecule has 0 aromatic heterocycles. The summed E-state index contributed by atoms with van der Waals surface area (Å²) >= 11 is 0. The smallest absolute Gasteiger partial charge is 0.344 e. The molecular weight excluding hydrogens is 246 g/mol. The summed E-state index contributed by atoms with van der Waals surface area (Å²) in [7, 11) is 0. The first-order chi connectivity index (χ1) is 9.13. The lowest BCUT2D eigenvalue weighted by Crippen LogP contribution is -2.18. The highest BCUT2D eigenvalue weighted by molar-refractivity contribution is 5.78. The number of benzene rings is 1. The van der Waals surface area contributed by atoms with Crippen molar-refractivity contribution in [2.24, 2.45) is 0 Å². The Balaban J connectivity index is 2.28. The maximum absolute atomic E-state index is 11.5. The molecule has 0 radical (unpaired) electrons. The van der Waals surface area contributed by atoms with Crippen LogP contribution < -0.4 is 5.73 Å². The molecule has 5 heteroatoms. The van der Waals surface area contributed by atoms with Crippen LogP contribution in [0.25, 0.3) is 0 Å². The second kappa shape index (κ2) is 8.13. The minimum atomic E-state index is -0.525. The molecule has 0 amide bonds. The Hall–Kier alpha value is -2.04. The van der Waals surface area contributed by atoms with Crippen molar-refractivity contribution in [1.29, 1.82) is 0 Å². The molecule has 104 valence electrons. The van der Waals surface area contributed by atoms with Gasteiger partial charge in [0, 0.05) is 5.69 Å². The molecule has 0 aliphatic carbocycles. The minimum absolute atomic E-state index is 0.0505. The number of unbranched alkanes of at least 4 members (excludes halogenated alkanes) is 1. The Morgan fingerprint density at radius 2 is 1.89 bits per heavy atom. The molecule has 0 atom stereocenters. The number of carbonyl (C=O) groups excluding carboxylic acids is 2. The Kier molecular flexibility index (Phi) is 6.43. The van der Waals surface area contributed by atoms with E-state index in [1.807, 2.05) is 6.92 Å². The predicted molar refractivity (Wildman–Crippen MR) is 71.4 cm³/mol. The van der Waals surface area contributed by atoms with E-state index in [2.05, 4.69) is 0 Å². The predicted octanol–water partition coefficient (Wildman–Crippen LogP) is 1.70. The lowest BCUT2D eigenvalue weighted by Gasteiger charge is -2.07. The van der Waals surface area contributed by atoms with Crippen LogP contribution in [0.3, 0.4) is 0 Å². The summed E-state index contributed by atoms with van der Waals surface area (Å²) in [5, 5.41) is 0. The molecular formula is C14H19NO4. The first-order valence-corrected chi connectivity index (χ1v) is 6.28. The van der Waals surface area contributed by atoms with Gasteiger partial charge in [0.1, 0.15) is 0 Å². The number of rotatable bonds is 7. The van der Waals surface area contributed by atoms with Crippen LogP contribution in [0.2, 0.25) is 0 Å².